The summed E-state index contributed by atoms with van der Waals surface area (Å²) in [6.07, 6.45) is -2.49. The van der Waals surface area contributed by atoms with Crippen molar-refractivity contribution in [2.45, 2.75) is 12.6 Å². The molecule has 21 heavy (non-hydrogen) atoms. The summed E-state index contributed by atoms with van der Waals surface area (Å²) in [6.45, 7) is -0.434. The molecule has 0 radical (unpaired) electrons. The molecule has 6 heteroatoms. The molecule has 110 valence electrons. The fourth-order valence-electron chi connectivity index (χ4n) is 1.96. The van der Waals surface area contributed by atoms with Crippen LogP contribution >= 0.6 is 0 Å². The molecule has 0 amide bonds. The van der Waals surface area contributed by atoms with Gasteiger partial charge in [0.2, 0.25) is 0 Å². The molecule has 0 aliphatic carbocycles. The number of aliphatic hydroxyl groups is 1. The molecule has 0 aliphatic rings. The van der Waals surface area contributed by atoms with E-state index in [0.29, 0.717) is 23.2 Å². The second-order valence-corrected chi connectivity index (χ2v) is 4.52. The molecule has 0 spiro atoms. The number of hydrogen-bond donors (Lipinski definition) is 2. The van der Waals surface area contributed by atoms with Crippen LogP contribution in [-0.4, -0.2) is 22.4 Å². The molecule has 2 aromatic rings. The Bertz CT molecular complexity index is 636. The van der Waals surface area contributed by atoms with Crippen molar-refractivity contribution in [1.29, 1.82) is 5.41 Å². The van der Waals surface area contributed by atoms with Gasteiger partial charge in [0.15, 0.2) is 0 Å². The third-order valence-corrected chi connectivity index (χ3v) is 3.01. The van der Waals surface area contributed by atoms with Crippen molar-refractivity contribution in [3.05, 3.63) is 65.0 Å². The van der Waals surface area contributed by atoms with Gasteiger partial charge in [-0.15, -0.1) is 0 Å². The molecule has 0 atom stereocenters. The van der Waals surface area contributed by atoms with Crippen molar-refractivity contribution in [3.8, 4) is 0 Å². The van der Waals surface area contributed by atoms with Gasteiger partial charge in [0.05, 0.1) is 23.6 Å². The average Bonchev–Trinajstić information content (AvgIpc) is 2.46. The van der Waals surface area contributed by atoms with E-state index in [4.69, 9.17) is 10.5 Å². The maximum Gasteiger partial charge on any atom is 0.416 e. The first kappa shape index (κ1) is 15.2. The zero-order valence-electron chi connectivity index (χ0n) is 11.0. The summed E-state index contributed by atoms with van der Waals surface area (Å²) in [5.41, 5.74) is 1.03. The Balaban J connectivity index is 2.25. The van der Waals surface area contributed by atoms with Gasteiger partial charge in [-0.2, -0.15) is 13.2 Å². The molecule has 1 heterocycles. The van der Waals surface area contributed by atoms with Crippen LogP contribution in [0.1, 0.15) is 22.4 Å². The second kappa shape index (κ2) is 6.05. The van der Waals surface area contributed by atoms with Crippen molar-refractivity contribution in [2.75, 3.05) is 6.61 Å². The van der Waals surface area contributed by atoms with E-state index in [-0.39, 0.29) is 5.71 Å². The van der Waals surface area contributed by atoms with E-state index >= 15 is 0 Å². The number of hydrogen-bond acceptors (Lipinski definition) is 3. The molecular weight excluding hydrogens is 281 g/mol. The Morgan fingerprint density at radius 1 is 1.14 bits per heavy atom. The highest BCUT2D eigenvalue weighted by atomic mass is 19.4. The fraction of sp³-hybridized carbons (Fsp3) is 0.200. The number of rotatable bonds is 4. The summed E-state index contributed by atoms with van der Waals surface area (Å²) in [6, 6.07) is 8.30. The van der Waals surface area contributed by atoms with Gasteiger partial charge in [-0.05, 0) is 35.7 Å². The van der Waals surface area contributed by atoms with Crippen LogP contribution in [0.3, 0.4) is 0 Å². The summed E-state index contributed by atoms with van der Waals surface area (Å²) < 4.78 is 37.5. The molecule has 0 aliphatic heterocycles. The highest BCUT2D eigenvalue weighted by Gasteiger charge is 2.29. The van der Waals surface area contributed by atoms with Gasteiger partial charge in [0.1, 0.15) is 0 Å². The number of aliphatic hydroxyl groups excluding tert-OH is 1. The van der Waals surface area contributed by atoms with E-state index in [2.05, 4.69) is 4.98 Å². The van der Waals surface area contributed by atoms with Crippen LogP contribution in [-0.2, 0) is 12.6 Å². The molecular formula is C15H13F3N2O. The predicted molar refractivity (Wildman–Crippen MR) is 72.4 cm³/mol. The number of halogens is 3. The zero-order chi connectivity index (χ0) is 15.5. The first-order valence-electron chi connectivity index (χ1n) is 6.20. The Hall–Kier alpha value is -2.21. The van der Waals surface area contributed by atoms with Gasteiger partial charge in [-0.3, -0.25) is 4.98 Å². The SMILES string of the molecule is N=C(CO)c1ncccc1Cc1ccc(C(F)(F)F)cc1. The van der Waals surface area contributed by atoms with Crippen molar-refractivity contribution in [2.24, 2.45) is 0 Å². The molecule has 2 N–H and O–H groups in total. The Morgan fingerprint density at radius 2 is 1.81 bits per heavy atom. The van der Waals surface area contributed by atoms with E-state index in [9.17, 15) is 13.2 Å². The first-order chi connectivity index (χ1) is 9.91. The summed E-state index contributed by atoms with van der Waals surface area (Å²) in [4.78, 5) is 4.04. The minimum atomic E-state index is -4.35. The van der Waals surface area contributed by atoms with E-state index in [1.54, 1.807) is 12.1 Å². The molecule has 3 nitrogen and oxygen atoms in total. The smallest absolute Gasteiger partial charge is 0.390 e. The molecule has 0 unspecified atom stereocenters. The standard InChI is InChI=1S/C15H13F3N2O/c16-15(17,18)12-5-3-10(4-6-12)8-11-2-1-7-20-14(11)13(19)9-21/h1-7,19,21H,8-9H2. The summed E-state index contributed by atoms with van der Waals surface area (Å²) in [5, 5.41) is 16.7. The van der Waals surface area contributed by atoms with Gasteiger partial charge < -0.3 is 10.5 Å². The Morgan fingerprint density at radius 3 is 2.38 bits per heavy atom. The summed E-state index contributed by atoms with van der Waals surface area (Å²) in [5.74, 6) is 0. The fourth-order valence-corrected chi connectivity index (χ4v) is 1.96. The third kappa shape index (κ3) is 3.66. The summed E-state index contributed by atoms with van der Waals surface area (Å²) >= 11 is 0. The number of alkyl halides is 3. The number of nitrogens with zero attached hydrogens (tertiary/aromatic N) is 1. The first-order valence-corrected chi connectivity index (χ1v) is 6.20. The summed E-state index contributed by atoms with van der Waals surface area (Å²) in [7, 11) is 0. The van der Waals surface area contributed by atoms with Crippen LogP contribution in [0.5, 0.6) is 0 Å². The zero-order valence-corrected chi connectivity index (χ0v) is 11.0. The van der Waals surface area contributed by atoms with Gasteiger partial charge in [-0.25, -0.2) is 0 Å². The largest absolute Gasteiger partial charge is 0.416 e. The van der Waals surface area contributed by atoms with Gasteiger partial charge in [-0.1, -0.05) is 18.2 Å². The van der Waals surface area contributed by atoms with Crippen LogP contribution in [0.15, 0.2) is 42.6 Å². The van der Waals surface area contributed by atoms with Crippen LogP contribution < -0.4 is 0 Å². The van der Waals surface area contributed by atoms with Crippen LogP contribution in [0.4, 0.5) is 13.2 Å². The maximum absolute atomic E-state index is 12.5. The van der Waals surface area contributed by atoms with Crippen molar-refractivity contribution < 1.29 is 18.3 Å². The van der Waals surface area contributed by atoms with Crippen molar-refractivity contribution in [3.63, 3.8) is 0 Å². The van der Waals surface area contributed by atoms with E-state index in [0.717, 1.165) is 12.1 Å². The third-order valence-electron chi connectivity index (χ3n) is 3.01. The van der Waals surface area contributed by atoms with Crippen LogP contribution in [0.2, 0.25) is 0 Å². The quantitative estimate of drug-likeness (QED) is 0.851. The van der Waals surface area contributed by atoms with E-state index in [1.807, 2.05) is 0 Å². The monoisotopic (exact) mass is 294 g/mol. The molecule has 2 rings (SSSR count). The van der Waals surface area contributed by atoms with Crippen molar-refractivity contribution >= 4 is 5.71 Å². The lowest BCUT2D eigenvalue weighted by Crippen LogP contribution is -2.11. The van der Waals surface area contributed by atoms with Crippen LogP contribution in [0.25, 0.3) is 0 Å². The Labute approximate surface area is 119 Å². The molecule has 0 saturated heterocycles. The lowest BCUT2D eigenvalue weighted by molar-refractivity contribution is -0.137. The van der Waals surface area contributed by atoms with Crippen molar-refractivity contribution in [1.82, 2.24) is 4.98 Å². The minimum Gasteiger partial charge on any atom is -0.390 e. The van der Waals surface area contributed by atoms with E-state index < -0.39 is 18.3 Å². The normalized spacial score (nSPS) is 11.4. The molecule has 0 fully saturated rings. The van der Waals surface area contributed by atoms with Gasteiger partial charge in [0.25, 0.3) is 0 Å². The minimum absolute atomic E-state index is 0.0162. The highest BCUT2D eigenvalue weighted by Crippen LogP contribution is 2.29. The molecule has 1 aromatic carbocycles. The molecule has 1 aromatic heterocycles. The number of benzene rings is 1. The highest BCUT2D eigenvalue weighted by molar-refractivity contribution is 5.98. The molecule has 0 saturated carbocycles. The Kier molecular flexibility index (Phi) is 4.37. The lowest BCUT2D eigenvalue weighted by Gasteiger charge is -2.10. The topological polar surface area (TPSA) is 57.0 Å². The molecule has 0 bridgehead atoms. The lowest BCUT2D eigenvalue weighted by atomic mass is 10.0. The van der Waals surface area contributed by atoms with E-state index in [1.165, 1.54) is 18.3 Å². The second-order valence-electron chi connectivity index (χ2n) is 4.52. The number of nitrogens with one attached hydrogen (secondary N) is 1. The average molecular weight is 294 g/mol. The number of pyridine rings is 1. The van der Waals surface area contributed by atoms with Gasteiger partial charge >= 0.3 is 6.18 Å². The number of aromatic nitrogens is 1. The van der Waals surface area contributed by atoms with Crippen LogP contribution in [0, 0.1) is 5.41 Å². The maximum atomic E-state index is 12.5. The van der Waals surface area contributed by atoms with Gasteiger partial charge in [0, 0.05) is 6.20 Å². The predicted octanol–water partition coefficient (Wildman–Crippen LogP) is 3.05.